The van der Waals surface area contributed by atoms with Gasteiger partial charge in [-0.2, -0.15) is 0 Å². The highest BCUT2D eigenvalue weighted by Crippen LogP contribution is 2.31. The van der Waals surface area contributed by atoms with Crippen LogP contribution in [0, 0.1) is 5.92 Å². The van der Waals surface area contributed by atoms with Gasteiger partial charge in [-0.05, 0) is 64.2 Å². The Morgan fingerprint density at radius 1 is 1.26 bits per heavy atom. The summed E-state index contributed by atoms with van der Waals surface area (Å²) in [5.41, 5.74) is 2.77. The number of hydrogen-bond acceptors (Lipinski definition) is 3. The molecular weight excluding hydrogens is 288 g/mol. The number of ether oxygens (including phenoxy) is 1. The summed E-state index contributed by atoms with van der Waals surface area (Å²) in [5, 5.41) is 3.52. The number of fused-ring (bicyclic) bond motifs is 1. The lowest BCUT2D eigenvalue weighted by atomic mass is 10.0. The highest BCUT2D eigenvalue weighted by atomic mass is 16.6. The Balaban J connectivity index is 2.23. The number of carbonyl (C=O) groups excluding carboxylic acids is 1. The zero-order chi connectivity index (χ0) is 17.2. The predicted octanol–water partition coefficient (Wildman–Crippen LogP) is 4.83. The van der Waals surface area contributed by atoms with Gasteiger partial charge in [-0.3, -0.25) is 4.90 Å². The summed E-state index contributed by atoms with van der Waals surface area (Å²) in [7, 11) is 0. The van der Waals surface area contributed by atoms with Gasteiger partial charge in [0.05, 0.1) is 5.69 Å². The van der Waals surface area contributed by atoms with Gasteiger partial charge >= 0.3 is 6.09 Å². The average Bonchev–Trinajstić information content (AvgIpc) is 2.44. The minimum absolute atomic E-state index is 0.257. The zero-order valence-electron chi connectivity index (χ0n) is 15.3. The van der Waals surface area contributed by atoms with Crippen LogP contribution in [0.25, 0.3) is 0 Å². The SMILES string of the molecule is CC(C)C(C)Nc1ccc2c(c1)N(C(=O)OC(C)(C)C)CCC2. The Bertz CT molecular complexity index is 561. The molecule has 1 unspecified atom stereocenters. The largest absolute Gasteiger partial charge is 0.443 e. The molecule has 1 amide bonds. The molecule has 1 atom stereocenters. The van der Waals surface area contributed by atoms with Gasteiger partial charge < -0.3 is 10.1 Å². The van der Waals surface area contributed by atoms with Crippen LogP contribution in [0.3, 0.4) is 0 Å². The Kier molecular flexibility index (Phi) is 5.23. The van der Waals surface area contributed by atoms with E-state index in [1.54, 1.807) is 4.90 Å². The van der Waals surface area contributed by atoms with Crippen LogP contribution in [-0.4, -0.2) is 24.3 Å². The fourth-order valence-electron chi connectivity index (χ4n) is 2.60. The number of carbonyl (C=O) groups is 1. The van der Waals surface area contributed by atoms with Crippen molar-refractivity contribution in [1.82, 2.24) is 0 Å². The second-order valence-electron chi connectivity index (χ2n) is 7.76. The standard InChI is InChI=1S/C19H30N2O2/c1-13(2)14(3)20-16-10-9-15-8-7-11-21(17(15)12-16)18(22)23-19(4,5)6/h9-10,12-14,20H,7-8,11H2,1-6H3. The van der Waals surface area contributed by atoms with Crippen molar-refractivity contribution in [2.75, 3.05) is 16.8 Å². The molecule has 1 aliphatic heterocycles. The molecule has 4 heteroatoms. The van der Waals surface area contributed by atoms with E-state index in [0.717, 1.165) is 24.2 Å². The molecule has 0 spiro atoms. The van der Waals surface area contributed by atoms with E-state index in [1.807, 2.05) is 20.8 Å². The minimum atomic E-state index is -0.475. The van der Waals surface area contributed by atoms with Crippen molar-refractivity contribution in [3.05, 3.63) is 23.8 Å². The topological polar surface area (TPSA) is 41.6 Å². The maximum atomic E-state index is 12.5. The predicted molar refractivity (Wildman–Crippen MR) is 96.3 cm³/mol. The van der Waals surface area contributed by atoms with Crippen LogP contribution >= 0.6 is 0 Å². The Labute approximate surface area is 140 Å². The molecule has 0 saturated heterocycles. The van der Waals surface area contributed by atoms with Gasteiger partial charge in [0.15, 0.2) is 0 Å². The molecule has 0 aliphatic carbocycles. The van der Waals surface area contributed by atoms with E-state index in [2.05, 4.69) is 44.3 Å². The lowest BCUT2D eigenvalue weighted by Crippen LogP contribution is -2.39. The lowest BCUT2D eigenvalue weighted by Gasteiger charge is -2.32. The smallest absolute Gasteiger partial charge is 0.414 e. The van der Waals surface area contributed by atoms with Gasteiger partial charge in [0, 0.05) is 18.3 Å². The second kappa shape index (κ2) is 6.81. The van der Waals surface area contributed by atoms with E-state index in [4.69, 9.17) is 4.74 Å². The first-order valence-electron chi connectivity index (χ1n) is 8.57. The summed E-state index contributed by atoms with van der Waals surface area (Å²) in [5.74, 6) is 0.549. The van der Waals surface area contributed by atoms with Crippen molar-refractivity contribution in [1.29, 1.82) is 0 Å². The van der Waals surface area contributed by atoms with Crippen molar-refractivity contribution in [2.45, 2.75) is 66.0 Å². The molecule has 1 aromatic rings. The average molecular weight is 318 g/mol. The third-order valence-corrected chi connectivity index (χ3v) is 4.21. The van der Waals surface area contributed by atoms with Gasteiger partial charge in [-0.25, -0.2) is 4.79 Å². The first-order valence-corrected chi connectivity index (χ1v) is 8.57. The minimum Gasteiger partial charge on any atom is -0.443 e. The molecule has 0 radical (unpaired) electrons. The zero-order valence-corrected chi connectivity index (χ0v) is 15.3. The molecule has 0 aromatic heterocycles. The van der Waals surface area contributed by atoms with Gasteiger partial charge in [0.2, 0.25) is 0 Å². The quantitative estimate of drug-likeness (QED) is 0.868. The number of rotatable bonds is 3. The van der Waals surface area contributed by atoms with Crippen LogP contribution < -0.4 is 10.2 Å². The first kappa shape index (κ1) is 17.6. The number of nitrogens with one attached hydrogen (secondary N) is 1. The summed E-state index contributed by atoms with van der Waals surface area (Å²) >= 11 is 0. The summed E-state index contributed by atoms with van der Waals surface area (Å²) in [6.45, 7) is 13.0. The van der Waals surface area contributed by atoms with Crippen LogP contribution in [0.1, 0.15) is 53.5 Å². The Hall–Kier alpha value is -1.71. The summed E-state index contributed by atoms with van der Waals surface area (Å²) in [6, 6.07) is 6.70. The molecule has 128 valence electrons. The molecular formula is C19H30N2O2. The van der Waals surface area contributed by atoms with Crippen LogP contribution in [0.15, 0.2) is 18.2 Å². The first-order chi connectivity index (χ1) is 10.7. The van der Waals surface area contributed by atoms with Gasteiger partial charge in [-0.1, -0.05) is 19.9 Å². The molecule has 23 heavy (non-hydrogen) atoms. The van der Waals surface area contributed by atoms with E-state index >= 15 is 0 Å². The molecule has 4 nitrogen and oxygen atoms in total. The maximum Gasteiger partial charge on any atom is 0.414 e. The summed E-state index contributed by atoms with van der Waals surface area (Å²) < 4.78 is 5.56. The maximum absolute atomic E-state index is 12.5. The molecule has 1 aromatic carbocycles. The van der Waals surface area contributed by atoms with E-state index < -0.39 is 5.60 Å². The van der Waals surface area contributed by atoms with E-state index in [9.17, 15) is 4.79 Å². The van der Waals surface area contributed by atoms with Crippen LogP contribution in [0.4, 0.5) is 16.2 Å². The highest BCUT2D eigenvalue weighted by Gasteiger charge is 2.27. The van der Waals surface area contributed by atoms with Crippen LogP contribution in [0.5, 0.6) is 0 Å². The van der Waals surface area contributed by atoms with Crippen LogP contribution in [-0.2, 0) is 11.2 Å². The van der Waals surface area contributed by atoms with Crippen molar-refractivity contribution >= 4 is 17.5 Å². The molecule has 0 fully saturated rings. The number of amides is 1. The van der Waals surface area contributed by atoms with Crippen molar-refractivity contribution < 1.29 is 9.53 Å². The lowest BCUT2D eigenvalue weighted by molar-refractivity contribution is 0.0578. The fraction of sp³-hybridized carbons (Fsp3) is 0.632. The summed E-state index contributed by atoms with van der Waals surface area (Å²) in [4.78, 5) is 14.3. The second-order valence-corrected chi connectivity index (χ2v) is 7.76. The molecule has 1 aliphatic rings. The van der Waals surface area contributed by atoms with Gasteiger partial charge in [0.1, 0.15) is 5.60 Å². The third-order valence-electron chi connectivity index (χ3n) is 4.21. The van der Waals surface area contributed by atoms with E-state index in [1.165, 1.54) is 5.56 Å². The molecule has 0 saturated carbocycles. The van der Waals surface area contributed by atoms with Gasteiger partial charge in [-0.15, -0.1) is 0 Å². The number of nitrogens with zero attached hydrogens (tertiary/aromatic N) is 1. The molecule has 1 N–H and O–H groups in total. The Morgan fingerprint density at radius 2 is 1.96 bits per heavy atom. The monoisotopic (exact) mass is 318 g/mol. The molecule has 0 bridgehead atoms. The molecule has 1 heterocycles. The van der Waals surface area contributed by atoms with E-state index in [0.29, 0.717) is 18.5 Å². The van der Waals surface area contributed by atoms with Crippen molar-refractivity contribution in [2.24, 2.45) is 5.92 Å². The fourth-order valence-corrected chi connectivity index (χ4v) is 2.60. The van der Waals surface area contributed by atoms with Crippen LogP contribution in [0.2, 0.25) is 0 Å². The number of anilines is 2. The number of aryl methyl sites for hydroxylation is 1. The third kappa shape index (κ3) is 4.63. The highest BCUT2D eigenvalue weighted by molar-refractivity contribution is 5.90. The summed E-state index contributed by atoms with van der Waals surface area (Å²) in [6.07, 6.45) is 1.73. The van der Waals surface area contributed by atoms with Gasteiger partial charge in [0.25, 0.3) is 0 Å². The number of hydrogen-bond donors (Lipinski definition) is 1. The Morgan fingerprint density at radius 3 is 2.57 bits per heavy atom. The van der Waals surface area contributed by atoms with Crippen molar-refractivity contribution in [3.63, 3.8) is 0 Å². The number of benzene rings is 1. The van der Waals surface area contributed by atoms with Crippen molar-refractivity contribution in [3.8, 4) is 0 Å². The molecule has 2 rings (SSSR count). The van der Waals surface area contributed by atoms with E-state index in [-0.39, 0.29) is 6.09 Å². The normalized spacial score (nSPS) is 16.0.